The van der Waals surface area contributed by atoms with Gasteiger partial charge in [0, 0.05) is 36.1 Å². The summed E-state index contributed by atoms with van der Waals surface area (Å²) in [6, 6.07) is 10.6. The van der Waals surface area contributed by atoms with Gasteiger partial charge in [0.05, 0.1) is 16.9 Å². The number of hydrogen-bond donors (Lipinski definition) is 2. The highest BCUT2D eigenvalue weighted by Crippen LogP contribution is 2.51. The number of nitrogen functional groups attached to an aromatic ring is 1. The van der Waals surface area contributed by atoms with Gasteiger partial charge >= 0.3 is 0 Å². The van der Waals surface area contributed by atoms with Crippen molar-refractivity contribution >= 4 is 35.0 Å². The Bertz CT molecular complexity index is 1210. The molecule has 3 aromatic rings. The third kappa shape index (κ3) is 3.76. The van der Waals surface area contributed by atoms with Crippen molar-refractivity contribution in [3.63, 3.8) is 0 Å². The molecule has 2 aromatic heterocycles. The number of anilines is 2. The maximum atomic E-state index is 6.72. The van der Waals surface area contributed by atoms with Gasteiger partial charge in [0.25, 0.3) is 0 Å². The van der Waals surface area contributed by atoms with Crippen LogP contribution in [0.1, 0.15) is 54.5 Å². The van der Waals surface area contributed by atoms with Gasteiger partial charge in [-0.25, -0.2) is 9.97 Å². The molecule has 1 saturated heterocycles. The van der Waals surface area contributed by atoms with Crippen LogP contribution in [0.15, 0.2) is 52.6 Å². The highest BCUT2D eigenvalue weighted by molar-refractivity contribution is 7.99. The van der Waals surface area contributed by atoms with E-state index in [0.29, 0.717) is 21.8 Å². The van der Waals surface area contributed by atoms with E-state index in [1.165, 1.54) is 22.9 Å². The molecule has 1 aliphatic heterocycles. The number of aromatic nitrogens is 3. The van der Waals surface area contributed by atoms with Gasteiger partial charge in [-0.15, -0.1) is 0 Å². The van der Waals surface area contributed by atoms with Crippen LogP contribution in [-0.2, 0) is 6.42 Å². The van der Waals surface area contributed by atoms with Crippen molar-refractivity contribution in [3.8, 4) is 0 Å². The van der Waals surface area contributed by atoms with Gasteiger partial charge in [0.15, 0.2) is 5.82 Å². The van der Waals surface area contributed by atoms with Crippen LogP contribution < -0.4 is 16.4 Å². The van der Waals surface area contributed by atoms with Crippen LogP contribution in [0, 0.1) is 5.41 Å². The molecule has 1 atom stereocenters. The molecule has 2 fully saturated rings. The second kappa shape index (κ2) is 8.15. The molecular formula is C25H27ClN6S. The topological polar surface area (TPSA) is 94.0 Å². The van der Waals surface area contributed by atoms with Crippen LogP contribution in [-0.4, -0.2) is 28.0 Å². The summed E-state index contributed by atoms with van der Waals surface area (Å²) in [5.74, 6) is 1.76. The Balaban J connectivity index is 1.16. The number of hydrogen-bond acceptors (Lipinski definition) is 7. The fourth-order valence-electron chi connectivity index (χ4n) is 5.37. The molecule has 0 bridgehead atoms. The third-order valence-corrected chi connectivity index (χ3v) is 9.06. The van der Waals surface area contributed by atoms with Crippen molar-refractivity contribution in [2.75, 3.05) is 23.7 Å². The SMILES string of the molecule is Nc1nc(N2CCC3(CC2)Cc2ccccc2C3N)cnc1Sc1ccnc(C2CC2)c1Cl. The third-order valence-electron chi connectivity index (χ3n) is 7.48. The lowest BCUT2D eigenvalue weighted by atomic mass is 9.73. The van der Waals surface area contributed by atoms with Crippen LogP contribution in [0.2, 0.25) is 5.02 Å². The molecule has 3 aliphatic rings. The number of nitrogens with two attached hydrogens (primary N) is 2. The number of rotatable bonds is 4. The van der Waals surface area contributed by atoms with E-state index in [2.05, 4.69) is 39.1 Å². The van der Waals surface area contributed by atoms with E-state index in [-0.39, 0.29) is 11.5 Å². The maximum absolute atomic E-state index is 6.72. The van der Waals surface area contributed by atoms with Gasteiger partial charge in [-0.3, -0.25) is 4.98 Å². The van der Waals surface area contributed by atoms with E-state index < -0.39 is 0 Å². The van der Waals surface area contributed by atoms with Crippen LogP contribution >= 0.6 is 23.4 Å². The first-order valence-corrected chi connectivity index (χ1v) is 12.8. The molecule has 4 N–H and O–H groups in total. The summed E-state index contributed by atoms with van der Waals surface area (Å²) in [6.07, 6.45) is 9.11. The Hall–Kier alpha value is -2.35. The van der Waals surface area contributed by atoms with Crippen molar-refractivity contribution in [2.24, 2.45) is 11.1 Å². The van der Waals surface area contributed by atoms with Gasteiger partial charge in [0.2, 0.25) is 0 Å². The van der Waals surface area contributed by atoms with Crippen molar-refractivity contribution in [1.82, 2.24) is 15.0 Å². The summed E-state index contributed by atoms with van der Waals surface area (Å²) < 4.78 is 0. The Kier molecular flexibility index (Phi) is 5.24. The van der Waals surface area contributed by atoms with Crippen LogP contribution in [0.4, 0.5) is 11.6 Å². The van der Waals surface area contributed by atoms with Gasteiger partial charge in [-0.2, -0.15) is 0 Å². The zero-order valence-corrected chi connectivity index (χ0v) is 19.9. The zero-order valence-electron chi connectivity index (χ0n) is 18.4. The molecule has 1 saturated carbocycles. The number of benzene rings is 1. The molecule has 170 valence electrons. The first-order valence-electron chi connectivity index (χ1n) is 11.6. The lowest BCUT2D eigenvalue weighted by Crippen LogP contribution is -2.44. The molecule has 6 nitrogen and oxygen atoms in total. The monoisotopic (exact) mass is 478 g/mol. The van der Waals surface area contributed by atoms with E-state index in [1.807, 2.05) is 18.5 Å². The van der Waals surface area contributed by atoms with Crippen molar-refractivity contribution < 1.29 is 0 Å². The van der Waals surface area contributed by atoms with E-state index in [9.17, 15) is 0 Å². The fourth-order valence-corrected chi connectivity index (χ4v) is 6.53. The molecule has 2 aliphatic carbocycles. The molecule has 1 aromatic carbocycles. The second-order valence-corrected chi connectivity index (χ2v) is 10.9. The summed E-state index contributed by atoms with van der Waals surface area (Å²) in [5, 5.41) is 1.39. The number of pyridine rings is 1. The molecular weight excluding hydrogens is 452 g/mol. The summed E-state index contributed by atoms with van der Waals surface area (Å²) >= 11 is 8.07. The van der Waals surface area contributed by atoms with E-state index in [4.69, 9.17) is 28.1 Å². The normalized spacial score (nSPS) is 21.4. The number of piperidine rings is 1. The second-order valence-electron chi connectivity index (χ2n) is 9.51. The Labute approximate surface area is 203 Å². The average molecular weight is 479 g/mol. The minimum atomic E-state index is 0.108. The van der Waals surface area contributed by atoms with Gasteiger partial charge < -0.3 is 16.4 Å². The minimum Gasteiger partial charge on any atom is -0.381 e. The Morgan fingerprint density at radius 1 is 1.09 bits per heavy atom. The van der Waals surface area contributed by atoms with Gasteiger partial charge in [0.1, 0.15) is 10.8 Å². The van der Waals surface area contributed by atoms with E-state index in [0.717, 1.165) is 61.6 Å². The predicted octanol–water partition coefficient (Wildman–Crippen LogP) is 4.98. The number of halogens is 1. The van der Waals surface area contributed by atoms with Crippen molar-refractivity contribution in [1.29, 1.82) is 0 Å². The quantitative estimate of drug-likeness (QED) is 0.546. The smallest absolute Gasteiger partial charge is 0.158 e. The van der Waals surface area contributed by atoms with Gasteiger partial charge in [-0.05, 0) is 54.7 Å². The molecule has 0 radical (unpaired) electrons. The largest absolute Gasteiger partial charge is 0.381 e. The fraction of sp³-hybridized carbons (Fsp3) is 0.400. The van der Waals surface area contributed by atoms with Crippen molar-refractivity contribution in [2.45, 2.75) is 54.0 Å². The molecule has 6 rings (SSSR count). The van der Waals surface area contributed by atoms with Crippen molar-refractivity contribution in [3.05, 3.63) is 64.6 Å². The average Bonchev–Trinajstić information content (AvgIpc) is 3.63. The van der Waals surface area contributed by atoms with E-state index in [1.54, 1.807) is 0 Å². The molecule has 3 heterocycles. The molecule has 1 spiro atoms. The van der Waals surface area contributed by atoms with Crippen LogP contribution in [0.3, 0.4) is 0 Å². The molecule has 33 heavy (non-hydrogen) atoms. The number of nitrogens with zero attached hydrogens (tertiary/aromatic N) is 4. The molecule has 8 heteroatoms. The van der Waals surface area contributed by atoms with E-state index >= 15 is 0 Å². The lowest BCUT2D eigenvalue weighted by molar-refractivity contribution is 0.187. The summed E-state index contributed by atoms with van der Waals surface area (Å²) in [6.45, 7) is 1.81. The predicted molar refractivity (Wildman–Crippen MR) is 133 cm³/mol. The first kappa shape index (κ1) is 21.2. The maximum Gasteiger partial charge on any atom is 0.158 e. The zero-order chi connectivity index (χ0) is 22.6. The minimum absolute atomic E-state index is 0.108. The lowest BCUT2D eigenvalue weighted by Gasteiger charge is -2.42. The highest BCUT2D eigenvalue weighted by Gasteiger charge is 2.45. The highest BCUT2D eigenvalue weighted by atomic mass is 35.5. The standard InChI is InChI=1S/C25H27ClN6S/c26-20-18(7-10-29-21(20)15-5-6-15)33-24-23(28)31-19(14-30-24)32-11-8-25(9-12-32)13-16-3-1-2-4-17(16)22(25)27/h1-4,7,10,14-15,22H,5-6,8-9,11-13,27H2,(H2,28,31). The Morgan fingerprint density at radius 3 is 2.61 bits per heavy atom. The van der Waals surface area contributed by atoms with Gasteiger partial charge in [-0.1, -0.05) is 47.6 Å². The number of fused-ring (bicyclic) bond motifs is 1. The summed E-state index contributed by atoms with van der Waals surface area (Å²) in [7, 11) is 0. The summed E-state index contributed by atoms with van der Waals surface area (Å²) in [4.78, 5) is 17.0. The first-order chi connectivity index (χ1) is 16.0. The van der Waals surface area contributed by atoms with Crippen LogP contribution in [0.5, 0.6) is 0 Å². The summed E-state index contributed by atoms with van der Waals surface area (Å²) in [5.41, 5.74) is 16.9. The molecule has 0 amide bonds. The van der Waals surface area contributed by atoms with Crippen LogP contribution in [0.25, 0.3) is 0 Å². The Morgan fingerprint density at radius 2 is 1.88 bits per heavy atom. The molecule has 1 unspecified atom stereocenters.